The van der Waals surface area contributed by atoms with Gasteiger partial charge in [-0.15, -0.1) is 6.58 Å². The molecule has 1 saturated heterocycles. The molecule has 3 aromatic rings. The standard InChI is InChI=1S/C73H112F2NO12P/c1-5-9-13-16-19-22-24-26-29-32-44-54-65(77)85-61(49-39-31-28-25-21-18-15-11-7-3)57-66(78)87-69-67(76-71(79)73(74,75)55-45-33-30-27-23-20-17-14-10-6-2)70(82-56-46-12-8-4)86-64(59-84-72(80)83-58-60-47-37-34-38-48-60)68(69)88-89(81,62-50-40-35-41-51-62)63-52-42-36-43-53-63/h8,34-38,40-43,47-48,50-53,61,64,67-70H,4-7,9-33,39,44-46,49,54-59H2,1-3H3,(H,76,79)/t61-,64-,67-,68-,69-,70+/m1/s1. The number of hydrogen-bond donors (Lipinski definition) is 1. The SMILES string of the molecule is C=CCCCO[C@H]1O[C@H](COC(=O)OCc2ccccc2)[C@@H](OP(=O)(c2ccccc2)c2ccccc2)[C@H](OC(=O)C[C@@H](CCCCCCCCCCC)OC(=O)CCCCCCCCCCCCC)[C@H]1NC(=O)C(F)(F)CCCCCCCCCCCC. The smallest absolute Gasteiger partial charge is 0.462 e. The highest BCUT2D eigenvalue weighted by atomic mass is 31.2. The lowest BCUT2D eigenvalue weighted by Gasteiger charge is -2.46. The van der Waals surface area contributed by atoms with Crippen molar-refractivity contribution < 1.29 is 65.5 Å². The number of allylic oxidation sites excluding steroid dienone is 1. The van der Waals surface area contributed by atoms with Crippen LogP contribution in [0.15, 0.2) is 104 Å². The average molecular weight is 1260 g/mol. The Kier molecular flexibility index (Phi) is 40.4. The number of rotatable bonds is 52. The van der Waals surface area contributed by atoms with Crippen molar-refractivity contribution in [3.05, 3.63) is 109 Å². The third-order valence-electron chi connectivity index (χ3n) is 16.6. The first-order chi connectivity index (χ1) is 43.3. The summed E-state index contributed by atoms with van der Waals surface area (Å²) in [4.78, 5) is 56.5. The molecule has 1 aliphatic rings. The van der Waals surface area contributed by atoms with Gasteiger partial charge in [0.1, 0.15) is 37.6 Å². The van der Waals surface area contributed by atoms with Gasteiger partial charge in [-0.25, -0.2) is 4.79 Å². The molecule has 3 aromatic carbocycles. The van der Waals surface area contributed by atoms with Crippen LogP contribution in [0.4, 0.5) is 13.6 Å². The van der Waals surface area contributed by atoms with Crippen molar-refractivity contribution in [2.24, 2.45) is 0 Å². The van der Waals surface area contributed by atoms with E-state index in [1.54, 1.807) is 91.0 Å². The number of alkyl halides is 2. The Labute approximate surface area is 534 Å². The quantitative estimate of drug-likeness (QED) is 0.0187. The Balaban J connectivity index is 1.73. The molecule has 1 N–H and O–H groups in total. The van der Waals surface area contributed by atoms with Crippen LogP contribution in [0.3, 0.4) is 0 Å². The minimum Gasteiger partial charge on any atom is -0.462 e. The predicted molar refractivity (Wildman–Crippen MR) is 352 cm³/mol. The number of halogens is 2. The third-order valence-corrected chi connectivity index (χ3v) is 19.1. The minimum atomic E-state index is -4.32. The maximum Gasteiger partial charge on any atom is 0.508 e. The van der Waals surface area contributed by atoms with Gasteiger partial charge in [-0.05, 0) is 68.4 Å². The summed E-state index contributed by atoms with van der Waals surface area (Å²) in [5, 5.41) is 2.96. The Hall–Kier alpha value is -4.95. The van der Waals surface area contributed by atoms with Crippen LogP contribution in [0.5, 0.6) is 0 Å². The number of unbranched alkanes of at least 4 members (excludes halogenated alkanes) is 28. The zero-order valence-electron chi connectivity index (χ0n) is 54.6. The molecule has 0 aliphatic carbocycles. The highest BCUT2D eigenvalue weighted by Gasteiger charge is 2.55. The molecule has 500 valence electrons. The van der Waals surface area contributed by atoms with Crippen molar-refractivity contribution in [2.75, 3.05) is 13.2 Å². The van der Waals surface area contributed by atoms with Gasteiger partial charge < -0.3 is 38.3 Å². The fourth-order valence-electron chi connectivity index (χ4n) is 11.3. The summed E-state index contributed by atoms with van der Waals surface area (Å²) in [5.41, 5.74) is 0.686. The summed E-state index contributed by atoms with van der Waals surface area (Å²) in [5.74, 6) is -6.90. The predicted octanol–water partition coefficient (Wildman–Crippen LogP) is 18.6. The number of nitrogens with one attached hydrogen (secondary N) is 1. The first-order valence-corrected chi connectivity index (χ1v) is 36.2. The molecular formula is C73H112F2NO12P. The molecule has 1 amide bonds. The van der Waals surface area contributed by atoms with Gasteiger partial charge in [-0.2, -0.15) is 8.78 Å². The third kappa shape index (κ3) is 31.8. The van der Waals surface area contributed by atoms with Crippen LogP contribution in [-0.2, 0) is 58.5 Å². The van der Waals surface area contributed by atoms with Gasteiger partial charge in [0.25, 0.3) is 13.3 Å². The van der Waals surface area contributed by atoms with E-state index < -0.39 is 93.5 Å². The van der Waals surface area contributed by atoms with Crippen molar-refractivity contribution in [1.29, 1.82) is 0 Å². The van der Waals surface area contributed by atoms with Crippen molar-refractivity contribution in [3.8, 4) is 0 Å². The van der Waals surface area contributed by atoms with Gasteiger partial charge in [0.2, 0.25) is 0 Å². The summed E-state index contributed by atoms with van der Waals surface area (Å²) in [6.45, 7) is 9.58. The Bertz CT molecular complexity index is 2340. The fourth-order valence-corrected chi connectivity index (χ4v) is 13.6. The molecule has 1 aliphatic heterocycles. The topological polar surface area (TPSA) is 162 Å². The zero-order chi connectivity index (χ0) is 64.1. The van der Waals surface area contributed by atoms with Crippen molar-refractivity contribution in [1.82, 2.24) is 5.32 Å². The largest absolute Gasteiger partial charge is 0.508 e. The van der Waals surface area contributed by atoms with Gasteiger partial charge in [-0.3, -0.25) is 18.9 Å². The number of hydrogen-bond acceptors (Lipinski definition) is 12. The minimum absolute atomic E-state index is 0.0284. The van der Waals surface area contributed by atoms with Crippen LogP contribution in [0.2, 0.25) is 0 Å². The molecule has 4 rings (SSSR count). The van der Waals surface area contributed by atoms with Crippen molar-refractivity contribution in [2.45, 2.75) is 301 Å². The van der Waals surface area contributed by atoms with E-state index in [0.717, 1.165) is 89.9 Å². The van der Waals surface area contributed by atoms with E-state index in [-0.39, 0.29) is 36.7 Å². The zero-order valence-corrected chi connectivity index (χ0v) is 55.5. The molecule has 16 heteroatoms. The van der Waals surface area contributed by atoms with Crippen LogP contribution in [0.1, 0.15) is 257 Å². The molecule has 0 aromatic heterocycles. The van der Waals surface area contributed by atoms with E-state index in [2.05, 4.69) is 32.7 Å². The van der Waals surface area contributed by atoms with E-state index in [0.29, 0.717) is 44.1 Å². The molecule has 0 bridgehead atoms. The first-order valence-electron chi connectivity index (χ1n) is 34.5. The van der Waals surface area contributed by atoms with Gasteiger partial charge in [0.05, 0.1) is 13.0 Å². The monoisotopic (exact) mass is 1260 g/mol. The second-order valence-electron chi connectivity index (χ2n) is 24.3. The summed E-state index contributed by atoms with van der Waals surface area (Å²) >= 11 is 0. The molecule has 0 spiro atoms. The second-order valence-corrected chi connectivity index (χ2v) is 26.6. The van der Waals surface area contributed by atoms with Crippen LogP contribution < -0.4 is 15.9 Å². The van der Waals surface area contributed by atoms with Crippen LogP contribution in [0, 0.1) is 0 Å². The Morgan fingerprint density at radius 3 is 1.57 bits per heavy atom. The summed E-state index contributed by atoms with van der Waals surface area (Å²) in [7, 11) is -4.32. The van der Waals surface area contributed by atoms with E-state index in [1.165, 1.54) is 77.0 Å². The van der Waals surface area contributed by atoms with Gasteiger partial charge in [0, 0.05) is 23.5 Å². The van der Waals surface area contributed by atoms with Crippen molar-refractivity contribution >= 4 is 42.0 Å². The molecule has 0 saturated carbocycles. The molecular weight excluding hydrogens is 1150 g/mol. The number of benzene rings is 3. The normalized spacial score (nSPS) is 17.2. The second kappa shape index (κ2) is 47.0. The van der Waals surface area contributed by atoms with E-state index in [4.69, 9.17) is 32.9 Å². The lowest BCUT2D eigenvalue weighted by atomic mass is 9.95. The van der Waals surface area contributed by atoms with E-state index in [9.17, 15) is 14.4 Å². The highest BCUT2D eigenvalue weighted by Crippen LogP contribution is 2.49. The maximum atomic E-state index is 16.5. The lowest BCUT2D eigenvalue weighted by molar-refractivity contribution is -0.270. The van der Waals surface area contributed by atoms with Gasteiger partial charge in [0.15, 0.2) is 12.4 Å². The Morgan fingerprint density at radius 2 is 1.07 bits per heavy atom. The van der Waals surface area contributed by atoms with E-state index >= 15 is 18.1 Å². The van der Waals surface area contributed by atoms with Crippen LogP contribution in [0.25, 0.3) is 0 Å². The maximum absolute atomic E-state index is 16.5. The fraction of sp³-hybridized carbons (Fsp3) is 0.671. The first kappa shape index (κ1) is 76.5. The Morgan fingerprint density at radius 1 is 0.596 bits per heavy atom. The highest BCUT2D eigenvalue weighted by molar-refractivity contribution is 7.74. The summed E-state index contributed by atoms with van der Waals surface area (Å²) in [6.07, 6.45) is 24.0. The molecule has 0 radical (unpaired) electrons. The molecule has 0 unspecified atom stereocenters. The van der Waals surface area contributed by atoms with Crippen LogP contribution >= 0.6 is 7.37 Å². The number of esters is 2. The lowest BCUT2D eigenvalue weighted by Crippen LogP contribution is -2.67. The average Bonchev–Trinajstić information content (AvgIpc) is 1.61. The van der Waals surface area contributed by atoms with Crippen LogP contribution in [-0.4, -0.2) is 79.9 Å². The summed E-state index contributed by atoms with van der Waals surface area (Å²) in [6, 6.07) is 23.9. The van der Waals surface area contributed by atoms with Crippen molar-refractivity contribution in [3.63, 3.8) is 0 Å². The number of amides is 1. The number of carbonyl (C=O) groups is 4. The summed E-state index contributed by atoms with van der Waals surface area (Å²) < 4.78 is 92.7. The molecule has 89 heavy (non-hydrogen) atoms. The molecule has 1 fully saturated rings. The number of carbonyl (C=O) groups excluding carboxylic acids is 4. The molecule has 13 nitrogen and oxygen atoms in total. The van der Waals surface area contributed by atoms with E-state index in [1.807, 2.05) is 6.07 Å². The van der Waals surface area contributed by atoms with Gasteiger partial charge in [-0.1, -0.05) is 267 Å². The molecule has 1 heterocycles. The molecule has 6 atom stereocenters. The van der Waals surface area contributed by atoms with Gasteiger partial charge >= 0.3 is 24.0 Å². The number of ether oxygens (including phenoxy) is 6.